The van der Waals surface area contributed by atoms with Crippen LogP contribution in [0.15, 0.2) is 34.3 Å². The smallest absolute Gasteiger partial charge is 0.387 e. The van der Waals surface area contributed by atoms with Crippen LogP contribution in [0.2, 0.25) is 5.02 Å². The molecule has 2 aromatic heterocycles. The van der Waals surface area contributed by atoms with E-state index in [0.29, 0.717) is 23.2 Å². The number of piperidine rings is 1. The molecule has 0 saturated carbocycles. The monoisotopic (exact) mass is 501 g/mol. The van der Waals surface area contributed by atoms with Gasteiger partial charge in [0.05, 0.1) is 30.7 Å². The molecule has 1 N–H and O–H groups in total. The van der Waals surface area contributed by atoms with Crippen LogP contribution in [0.1, 0.15) is 31.7 Å². The second-order valence-electron chi connectivity index (χ2n) is 8.05. The van der Waals surface area contributed by atoms with Gasteiger partial charge in [0.1, 0.15) is 15.8 Å². The van der Waals surface area contributed by atoms with E-state index in [1.807, 2.05) is 0 Å². The van der Waals surface area contributed by atoms with Gasteiger partial charge in [-0.1, -0.05) is 11.6 Å². The van der Waals surface area contributed by atoms with Crippen LogP contribution < -0.4 is 15.6 Å². The molecule has 0 spiro atoms. The Morgan fingerprint density at radius 2 is 2.09 bits per heavy atom. The molecule has 0 radical (unpaired) electrons. The number of pyridine rings is 1. The van der Waals surface area contributed by atoms with Crippen molar-refractivity contribution in [2.75, 3.05) is 38.2 Å². The van der Waals surface area contributed by atoms with Gasteiger partial charge in [0.15, 0.2) is 0 Å². The van der Waals surface area contributed by atoms with Crippen LogP contribution in [0.4, 0.5) is 14.5 Å². The van der Waals surface area contributed by atoms with E-state index in [1.165, 1.54) is 28.9 Å². The van der Waals surface area contributed by atoms with Crippen molar-refractivity contribution in [1.29, 1.82) is 0 Å². The standard InChI is InChI=1S/C21H26ClF2N5O3S/c22-19-17(25-10-14-2-1-9-31-13-14)12-27-29(20(19)30)15-5-7-28(8-6-15)33-18-4-3-16(11-26-18)32-21(23)24/h3-4,11-12,14-15,21,25H,1-2,5-10,13H2. The first-order valence-corrected chi connectivity index (χ1v) is 12.1. The molecule has 2 saturated heterocycles. The predicted molar refractivity (Wildman–Crippen MR) is 122 cm³/mol. The van der Waals surface area contributed by atoms with Gasteiger partial charge in [-0.2, -0.15) is 13.9 Å². The maximum Gasteiger partial charge on any atom is 0.387 e. The summed E-state index contributed by atoms with van der Waals surface area (Å²) in [4.78, 5) is 17.0. The largest absolute Gasteiger partial charge is 0.433 e. The average Bonchev–Trinajstić information content (AvgIpc) is 2.82. The van der Waals surface area contributed by atoms with Gasteiger partial charge in [-0.15, -0.1) is 0 Å². The summed E-state index contributed by atoms with van der Waals surface area (Å²) in [6.07, 6.45) is 6.51. The van der Waals surface area contributed by atoms with Crippen molar-refractivity contribution in [3.8, 4) is 5.75 Å². The zero-order chi connectivity index (χ0) is 23.2. The van der Waals surface area contributed by atoms with Gasteiger partial charge in [0, 0.05) is 26.2 Å². The first kappa shape index (κ1) is 24.2. The summed E-state index contributed by atoms with van der Waals surface area (Å²) in [6.45, 7) is 0.801. The van der Waals surface area contributed by atoms with Gasteiger partial charge >= 0.3 is 6.61 Å². The summed E-state index contributed by atoms with van der Waals surface area (Å²) >= 11 is 7.81. The fourth-order valence-electron chi connectivity index (χ4n) is 3.95. The van der Waals surface area contributed by atoms with Gasteiger partial charge < -0.3 is 14.8 Å². The maximum absolute atomic E-state index is 12.8. The Hall–Kier alpha value is -1.95. The molecule has 2 aliphatic heterocycles. The molecule has 0 amide bonds. The summed E-state index contributed by atoms with van der Waals surface area (Å²) in [5.74, 6) is 0.432. The lowest BCUT2D eigenvalue weighted by molar-refractivity contribution is -0.0501. The lowest BCUT2D eigenvalue weighted by Gasteiger charge is -2.31. The molecule has 33 heavy (non-hydrogen) atoms. The van der Waals surface area contributed by atoms with Crippen molar-refractivity contribution in [1.82, 2.24) is 19.1 Å². The quantitative estimate of drug-likeness (QED) is 0.542. The van der Waals surface area contributed by atoms with E-state index >= 15 is 0 Å². The van der Waals surface area contributed by atoms with Gasteiger partial charge in [0.2, 0.25) is 0 Å². The first-order valence-electron chi connectivity index (χ1n) is 10.9. The fourth-order valence-corrected chi connectivity index (χ4v) is 5.04. The van der Waals surface area contributed by atoms with Crippen LogP contribution in [-0.4, -0.2) is 58.5 Å². The molecule has 2 aromatic rings. The van der Waals surface area contributed by atoms with Crippen molar-refractivity contribution in [3.63, 3.8) is 0 Å². The van der Waals surface area contributed by atoms with Crippen LogP contribution >= 0.6 is 23.5 Å². The normalized spacial score (nSPS) is 20.2. The summed E-state index contributed by atoms with van der Waals surface area (Å²) in [5, 5.41) is 8.48. The Labute approximate surface area is 199 Å². The molecular weight excluding hydrogens is 476 g/mol. The molecule has 12 heteroatoms. The minimum absolute atomic E-state index is 0.0281. The van der Waals surface area contributed by atoms with Crippen molar-refractivity contribution in [2.45, 2.75) is 43.4 Å². The molecule has 4 rings (SSSR count). The lowest BCUT2D eigenvalue weighted by Crippen LogP contribution is -2.36. The molecule has 1 unspecified atom stereocenters. The number of halogens is 3. The average molecular weight is 502 g/mol. The minimum atomic E-state index is -2.87. The second-order valence-corrected chi connectivity index (χ2v) is 9.54. The van der Waals surface area contributed by atoms with Crippen molar-refractivity contribution in [3.05, 3.63) is 39.9 Å². The third-order valence-electron chi connectivity index (χ3n) is 5.71. The third kappa shape index (κ3) is 6.56. The number of hydrogen-bond donors (Lipinski definition) is 1. The van der Waals surface area contributed by atoms with E-state index in [2.05, 4.69) is 24.4 Å². The number of nitrogens with one attached hydrogen (secondary N) is 1. The highest BCUT2D eigenvalue weighted by Crippen LogP contribution is 2.30. The molecule has 4 heterocycles. The number of alkyl halides is 2. The van der Waals surface area contributed by atoms with Crippen LogP contribution in [0.25, 0.3) is 0 Å². The van der Waals surface area contributed by atoms with Crippen LogP contribution in [0.3, 0.4) is 0 Å². The highest BCUT2D eigenvalue weighted by Gasteiger charge is 2.25. The number of rotatable bonds is 8. The molecule has 2 aliphatic rings. The van der Waals surface area contributed by atoms with Gasteiger partial charge in [-0.25, -0.2) is 14.0 Å². The molecule has 0 bridgehead atoms. The highest BCUT2D eigenvalue weighted by molar-refractivity contribution is 7.97. The zero-order valence-electron chi connectivity index (χ0n) is 18.0. The van der Waals surface area contributed by atoms with Gasteiger partial charge in [-0.3, -0.25) is 4.79 Å². The highest BCUT2D eigenvalue weighted by atomic mass is 35.5. The van der Waals surface area contributed by atoms with Gasteiger partial charge in [0.25, 0.3) is 5.56 Å². The fraction of sp³-hybridized carbons (Fsp3) is 0.571. The lowest BCUT2D eigenvalue weighted by atomic mass is 10.0. The van der Waals surface area contributed by atoms with E-state index in [-0.39, 0.29) is 22.4 Å². The van der Waals surface area contributed by atoms with Crippen LogP contribution in [-0.2, 0) is 4.74 Å². The molecule has 0 aromatic carbocycles. The SMILES string of the molecule is O=c1c(Cl)c(NCC2CCCOC2)cnn1C1CCN(Sc2ccc(OC(F)F)cn2)CC1. The Balaban J connectivity index is 1.30. The topological polar surface area (TPSA) is 81.5 Å². The molecule has 8 nitrogen and oxygen atoms in total. The third-order valence-corrected chi connectivity index (χ3v) is 7.12. The van der Waals surface area contributed by atoms with E-state index < -0.39 is 6.61 Å². The number of nitrogens with zero attached hydrogens (tertiary/aromatic N) is 4. The Morgan fingerprint density at radius 1 is 1.27 bits per heavy atom. The number of anilines is 1. The number of ether oxygens (including phenoxy) is 2. The predicted octanol–water partition coefficient (Wildman–Crippen LogP) is 4.08. The number of hydrogen-bond acceptors (Lipinski definition) is 8. The summed E-state index contributed by atoms with van der Waals surface area (Å²) in [5.41, 5.74) is 0.269. The Bertz CT molecular complexity index is 967. The van der Waals surface area contributed by atoms with Crippen molar-refractivity contribution < 1.29 is 18.3 Å². The maximum atomic E-state index is 12.8. The summed E-state index contributed by atoms with van der Waals surface area (Å²) < 4.78 is 37.9. The van der Waals surface area contributed by atoms with Crippen LogP contribution in [0.5, 0.6) is 5.75 Å². The molecular formula is C21H26ClF2N5O3S. The van der Waals surface area contributed by atoms with E-state index in [9.17, 15) is 13.6 Å². The van der Waals surface area contributed by atoms with E-state index in [4.69, 9.17) is 16.3 Å². The minimum Gasteiger partial charge on any atom is -0.433 e. The Kier molecular flexibility index (Phi) is 8.39. The Morgan fingerprint density at radius 3 is 2.76 bits per heavy atom. The van der Waals surface area contributed by atoms with Crippen molar-refractivity contribution in [2.24, 2.45) is 5.92 Å². The molecule has 1 atom stereocenters. The number of aromatic nitrogens is 3. The van der Waals surface area contributed by atoms with Crippen molar-refractivity contribution >= 4 is 29.2 Å². The molecule has 0 aliphatic carbocycles. The summed E-state index contributed by atoms with van der Waals surface area (Å²) in [6, 6.07) is 3.07. The van der Waals surface area contributed by atoms with E-state index in [0.717, 1.165) is 52.0 Å². The van der Waals surface area contributed by atoms with E-state index in [1.54, 1.807) is 12.3 Å². The molecule has 2 fully saturated rings. The summed E-state index contributed by atoms with van der Waals surface area (Å²) in [7, 11) is 0. The zero-order valence-corrected chi connectivity index (χ0v) is 19.5. The van der Waals surface area contributed by atoms with Crippen LogP contribution in [0, 0.1) is 5.92 Å². The first-order chi connectivity index (χ1) is 16.0. The van der Waals surface area contributed by atoms with Gasteiger partial charge in [-0.05, 0) is 55.7 Å². The second kappa shape index (κ2) is 11.5. The molecule has 180 valence electrons.